The molecule has 0 spiro atoms. The van der Waals surface area contributed by atoms with E-state index in [1.807, 2.05) is 36.7 Å². The van der Waals surface area contributed by atoms with Crippen molar-refractivity contribution in [2.45, 2.75) is 13.5 Å². The summed E-state index contributed by atoms with van der Waals surface area (Å²) in [5.74, 6) is 0.773. The number of imidazole rings is 1. The summed E-state index contributed by atoms with van der Waals surface area (Å²) < 4.78 is 1.99. The topological polar surface area (TPSA) is 71.2 Å². The standard InChI is InChI=1S/C18H20N4O2/c1-13-20-16-10-15(5-6-17(16)21(13)2)18(24)22(8-9-23)12-14-4-3-7-19-11-14/h3-7,10-11,23H,8-9,12H2,1-2H3. The first-order valence-corrected chi connectivity index (χ1v) is 7.82. The molecule has 0 unspecified atom stereocenters. The van der Waals surface area contributed by atoms with E-state index in [2.05, 4.69) is 9.97 Å². The fourth-order valence-corrected chi connectivity index (χ4v) is 2.72. The van der Waals surface area contributed by atoms with E-state index >= 15 is 0 Å². The number of benzene rings is 1. The predicted molar refractivity (Wildman–Crippen MR) is 91.5 cm³/mol. The van der Waals surface area contributed by atoms with Crippen molar-refractivity contribution in [3.63, 3.8) is 0 Å². The summed E-state index contributed by atoms with van der Waals surface area (Å²) >= 11 is 0. The van der Waals surface area contributed by atoms with Crippen LogP contribution < -0.4 is 0 Å². The summed E-state index contributed by atoms with van der Waals surface area (Å²) in [4.78, 5) is 23.0. The molecule has 0 radical (unpaired) electrons. The highest BCUT2D eigenvalue weighted by atomic mass is 16.3. The van der Waals surface area contributed by atoms with Crippen molar-refractivity contribution in [2.24, 2.45) is 7.05 Å². The summed E-state index contributed by atoms with van der Waals surface area (Å²) in [6.07, 6.45) is 3.42. The molecule has 0 saturated heterocycles. The predicted octanol–water partition coefficient (Wildman–Crippen LogP) is 1.91. The van der Waals surface area contributed by atoms with Crippen LogP contribution in [0.15, 0.2) is 42.7 Å². The Labute approximate surface area is 140 Å². The molecule has 1 N–H and O–H groups in total. The summed E-state index contributed by atoms with van der Waals surface area (Å²) in [5.41, 5.74) is 3.28. The summed E-state index contributed by atoms with van der Waals surface area (Å²) in [6, 6.07) is 9.26. The molecular weight excluding hydrogens is 304 g/mol. The van der Waals surface area contributed by atoms with Crippen molar-refractivity contribution >= 4 is 16.9 Å². The normalized spacial score (nSPS) is 11.0. The zero-order valence-electron chi connectivity index (χ0n) is 13.8. The van der Waals surface area contributed by atoms with Crippen LogP contribution in [0, 0.1) is 6.92 Å². The maximum Gasteiger partial charge on any atom is 0.254 e. The fourth-order valence-electron chi connectivity index (χ4n) is 2.72. The molecule has 0 aliphatic rings. The van der Waals surface area contributed by atoms with E-state index in [1.54, 1.807) is 29.4 Å². The van der Waals surface area contributed by atoms with Crippen molar-refractivity contribution in [1.29, 1.82) is 0 Å². The van der Waals surface area contributed by atoms with Gasteiger partial charge in [0.25, 0.3) is 5.91 Å². The van der Waals surface area contributed by atoms with Crippen LogP contribution in [0.2, 0.25) is 0 Å². The number of rotatable bonds is 5. The van der Waals surface area contributed by atoms with Gasteiger partial charge in [0, 0.05) is 38.1 Å². The van der Waals surface area contributed by atoms with Crippen LogP contribution in [0.1, 0.15) is 21.7 Å². The largest absolute Gasteiger partial charge is 0.395 e. The average Bonchev–Trinajstić information content (AvgIpc) is 2.88. The van der Waals surface area contributed by atoms with Crippen molar-refractivity contribution < 1.29 is 9.90 Å². The SMILES string of the molecule is Cc1nc2cc(C(=O)N(CCO)Cc3cccnc3)ccc2n1C. The third-order valence-corrected chi connectivity index (χ3v) is 4.10. The minimum Gasteiger partial charge on any atom is -0.395 e. The number of carbonyl (C=O) groups excluding carboxylic acids is 1. The fraction of sp³-hybridized carbons (Fsp3) is 0.278. The minimum absolute atomic E-state index is 0.0864. The van der Waals surface area contributed by atoms with Crippen molar-refractivity contribution in [1.82, 2.24) is 19.4 Å². The number of aliphatic hydroxyl groups is 1. The van der Waals surface area contributed by atoms with Crippen LogP contribution in [0.25, 0.3) is 11.0 Å². The Kier molecular flexibility index (Phi) is 4.57. The van der Waals surface area contributed by atoms with E-state index in [4.69, 9.17) is 0 Å². The highest BCUT2D eigenvalue weighted by molar-refractivity contribution is 5.97. The zero-order chi connectivity index (χ0) is 17.1. The lowest BCUT2D eigenvalue weighted by molar-refractivity contribution is 0.0708. The third-order valence-electron chi connectivity index (χ3n) is 4.10. The van der Waals surface area contributed by atoms with Gasteiger partial charge in [-0.1, -0.05) is 6.07 Å². The number of hydrogen-bond acceptors (Lipinski definition) is 4. The molecule has 24 heavy (non-hydrogen) atoms. The van der Waals surface area contributed by atoms with Crippen LogP contribution in [-0.2, 0) is 13.6 Å². The molecule has 0 fully saturated rings. The Balaban J connectivity index is 1.89. The van der Waals surface area contributed by atoms with Gasteiger partial charge in [-0.15, -0.1) is 0 Å². The number of amides is 1. The Hall–Kier alpha value is -2.73. The molecule has 6 heteroatoms. The molecule has 0 saturated carbocycles. The maximum absolute atomic E-state index is 12.8. The van der Waals surface area contributed by atoms with Gasteiger partial charge in [0.1, 0.15) is 5.82 Å². The summed E-state index contributed by atoms with van der Waals surface area (Å²) in [6.45, 7) is 2.53. The van der Waals surface area contributed by atoms with E-state index in [9.17, 15) is 9.90 Å². The van der Waals surface area contributed by atoms with Gasteiger partial charge >= 0.3 is 0 Å². The summed E-state index contributed by atoms with van der Waals surface area (Å²) in [5, 5.41) is 9.30. The first kappa shape index (κ1) is 16.1. The van der Waals surface area contributed by atoms with Crippen LogP contribution >= 0.6 is 0 Å². The monoisotopic (exact) mass is 324 g/mol. The quantitative estimate of drug-likeness (QED) is 0.778. The Morgan fingerprint density at radius 3 is 2.88 bits per heavy atom. The number of aryl methyl sites for hydroxylation is 2. The number of carbonyl (C=O) groups is 1. The second-order valence-electron chi connectivity index (χ2n) is 5.73. The van der Waals surface area contributed by atoms with Gasteiger partial charge in [-0.2, -0.15) is 0 Å². The molecule has 2 heterocycles. The number of pyridine rings is 1. The van der Waals surface area contributed by atoms with E-state index in [1.165, 1.54) is 0 Å². The number of aliphatic hydroxyl groups excluding tert-OH is 1. The molecule has 1 amide bonds. The van der Waals surface area contributed by atoms with Crippen molar-refractivity contribution in [3.05, 3.63) is 59.7 Å². The van der Waals surface area contributed by atoms with Crippen molar-refractivity contribution in [2.75, 3.05) is 13.2 Å². The van der Waals surface area contributed by atoms with Crippen LogP contribution in [0.3, 0.4) is 0 Å². The molecule has 6 nitrogen and oxygen atoms in total. The molecule has 3 aromatic rings. The van der Waals surface area contributed by atoms with E-state index in [-0.39, 0.29) is 19.1 Å². The molecular formula is C18H20N4O2. The van der Waals surface area contributed by atoms with E-state index < -0.39 is 0 Å². The highest BCUT2D eigenvalue weighted by Gasteiger charge is 2.17. The van der Waals surface area contributed by atoms with Crippen LogP contribution in [0.4, 0.5) is 0 Å². The molecule has 0 aliphatic heterocycles. The lowest BCUT2D eigenvalue weighted by Crippen LogP contribution is -2.33. The Bertz CT molecular complexity index is 858. The van der Waals surface area contributed by atoms with Gasteiger partial charge in [-0.3, -0.25) is 9.78 Å². The van der Waals surface area contributed by atoms with Gasteiger partial charge < -0.3 is 14.6 Å². The van der Waals surface area contributed by atoms with Crippen LogP contribution in [0.5, 0.6) is 0 Å². The number of nitrogens with zero attached hydrogens (tertiary/aromatic N) is 4. The van der Waals surface area contributed by atoms with Gasteiger partial charge in [-0.05, 0) is 36.8 Å². The smallest absolute Gasteiger partial charge is 0.254 e. The lowest BCUT2D eigenvalue weighted by atomic mass is 10.1. The van der Waals surface area contributed by atoms with E-state index in [0.29, 0.717) is 12.1 Å². The molecule has 3 rings (SSSR count). The van der Waals surface area contributed by atoms with Gasteiger partial charge in [0.2, 0.25) is 0 Å². The molecule has 1 aromatic carbocycles. The van der Waals surface area contributed by atoms with Crippen molar-refractivity contribution in [3.8, 4) is 0 Å². The lowest BCUT2D eigenvalue weighted by Gasteiger charge is -2.21. The minimum atomic E-state index is -0.127. The first-order chi connectivity index (χ1) is 11.6. The first-order valence-electron chi connectivity index (χ1n) is 7.82. The molecule has 124 valence electrons. The second kappa shape index (κ2) is 6.80. The number of aromatic nitrogens is 3. The number of hydrogen-bond donors (Lipinski definition) is 1. The van der Waals surface area contributed by atoms with Gasteiger partial charge in [-0.25, -0.2) is 4.98 Å². The van der Waals surface area contributed by atoms with Crippen LogP contribution in [-0.4, -0.2) is 43.6 Å². The second-order valence-corrected chi connectivity index (χ2v) is 5.73. The molecule has 0 bridgehead atoms. The highest BCUT2D eigenvalue weighted by Crippen LogP contribution is 2.18. The maximum atomic E-state index is 12.8. The van der Waals surface area contributed by atoms with E-state index in [0.717, 1.165) is 22.4 Å². The van der Waals surface area contributed by atoms with Gasteiger partial charge in [0.05, 0.1) is 17.6 Å². The molecule has 0 atom stereocenters. The number of fused-ring (bicyclic) bond motifs is 1. The van der Waals surface area contributed by atoms with Gasteiger partial charge in [0.15, 0.2) is 0 Å². The molecule has 0 aliphatic carbocycles. The Morgan fingerprint density at radius 2 is 2.17 bits per heavy atom. The average molecular weight is 324 g/mol. The zero-order valence-corrected chi connectivity index (χ0v) is 13.8. The summed E-state index contributed by atoms with van der Waals surface area (Å²) in [7, 11) is 1.95. The molecule has 2 aromatic heterocycles. The Morgan fingerprint density at radius 1 is 1.33 bits per heavy atom. The third kappa shape index (κ3) is 3.14.